The maximum atomic E-state index is 12.0. The van der Waals surface area contributed by atoms with Gasteiger partial charge in [0.25, 0.3) is 5.91 Å². The highest BCUT2D eigenvalue weighted by Crippen LogP contribution is 2.22. The first-order valence-corrected chi connectivity index (χ1v) is 10.7. The van der Waals surface area contributed by atoms with Crippen LogP contribution >= 0.6 is 15.9 Å². The van der Waals surface area contributed by atoms with E-state index in [4.69, 9.17) is 4.74 Å². The van der Waals surface area contributed by atoms with E-state index in [0.717, 1.165) is 15.6 Å². The molecule has 0 atom stereocenters. The minimum Gasteiger partial charge on any atom is -0.488 e. The van der Waals surface area contributed by atoms with Crippen LogP contribution in [0.5, 0.6) is 5.75 Å². The fourth-order valence-electron chi connectivity index (χ4n) is 2.66. The van der Waals surface area contributed by atoms with Gasteiger partial charge in [-0.15, -0.1) is 0 Å². The molecule has 162 valence electrons. The Kier molecular flexibility index (Phi) is 8.77. The van der Waals surface area contributed by atoms with Crippen molar-refractivity contribution in [1.29, 1.82) is 0 Å². The quantitative estimate of drug-likeness (QED) is 0.266. The summed E-state index contributed by atoms with van der Waals surface area (Å²) in [6.45, 7) is 0.226. The number of nitrogens with one attached hydrogen (secondary N) is 2. The zero-order valence-corrected chi connectivity index (χ0v) is 18.8. The number of hydrazone groups is 1. The third-order valence-corrected chi connectivity index (χ3v) is 4.75. The average Bonchev–Trinajstić information content (AvgIpc) is 2.82. The van der Waals surface area contributed by atoms with Gasteiger partial charge in [0.1, 0.15) is 12.4 Å². The molecule has 0 bridgehead atoms. The highest BCUT2D eigenvalue weighted by molar-refractivity contribution is 9.10. The number of amides is 2. The third-order valence-electron chi connectivity index (χ3n) is 4.25. The maximum Gasteiger partial charge on any atom is 0.259 e. The van der Waals surface area contributed by atoms with Gasteiger partial charge in [-0.2, -0.15) is 5.10 Å². The average molecular weight is 492 g/mol. The predicted octanol–water partition coefficient (Wildman–Crippen LogP) is 4.31. The van der Waals surface area contributed by atoms with Crippen molar-refractivity contribution >= 4 is 40.0 Å². The number of hydrogen-bond donors (Lipinski definition) is 2. The predicted molar refractivity (Wildman–Crippen MR) is 129 cm³/mol. The summed E-state index contributed by atoms with van der Waals surface area (Å²) >= 11 is 3.43. The second-order valence-electron chi connectivity index (χ2n) is 6.71. The zero-order valence-electron chi connectivity index (χ0n) is 17.2. The molecule has 2 N–H and O–H groups in total. The molecule has 2 amide bonds. The summed E-state index contributed by atoms with van der Waals surface area (Å²) in [6.07, 6.45) is 4.56. The van der Waals surface area contributed by atoms with Crippen LogP contribution in [0.3, 0.4) is 0 Å². The molecule has 0 aromatic heterocycles. The largest absolute Gasteiger partial charge is 0.488 e. The van der Waals surface area contributed by atoms with Gasteiger partial charge in [-0.05, 0) is 35.4 Å². The lowest BCUT2D eigenvalue weighted by Crippen LogP contribution is -2.34. The van der Waals surface area contributed by atoms with Crippen molar-refractivity contribution in [1.82, 2.24) is 10.7 Å². The molecule has 32 heavy (non-hydrogen) atoms. The molecule has 0 fully saturated rings. The number of carbonyl (C=O) groups excluding carboxylic acids is 2. The number of ether oxygens (including phenoxy) is 1. The number of halogens is 1. The van der Waals surface area contributed by atoms with Crippen LogP contribution in [0, 0.1) is 0 Å². The van der Waals surface area contributed by atoms with Gasteiger partial charge in [-0.3, -0.25) is 9.59 Å². The van der Waals surface area contributed by atoms with E-state index in [1.54, 1.807) is 6.08 Å². The Balaban J connectivity index is 1.49. The van der Waals surface area contributed by atoms with Gasteiger partial charge < -0.3 is 10.1 Å². The topological polar surface area (TPSA) is 79.8 Å². The summed E-state index contributed by atoms with van der Waals surface area (Å²) in [5.41, 5.74) is 5.05. The van der Waals surface area contributed by atoms with Gasteiger partial charge in [0.2, 0.25) is 5.91 Å². The van der Waals surface area contributed by atoms with E-state index in [0.29, 0.717) is 17.9 Å². The van der Waals surface area contributed by atoms with Crippen molar-refractivity contribution in [2.75, 3.05) is 6.54 Å². The van der Waals surface area contributed by atoms with Gasteiger partial charge in [-0.25, -0.2) is 5.43 Å². The van der Waals surface area contributed by atoms with E-state index in [1.807, 2.05) is 78.9 Å². The second kappa shape index (κ2) is 12.2. The number of carbonyl (C=O) groups is 2. The standard InChI is InChI=1S/C25H22BrN3O3/c26-22-12-13-23(32-18-20-9-5-2-6-10-20)21(15-22)16-28-29-25(31)17-27-24(30)14-11-19-7-3-1-4-8-19/h1-16H,17-18H2,(H,27,30)(H,29,31)/b14-11+,28-16-. The normalized spacial score (nSPS) is 10.9. The number of rotatable bonds is 9. The number of hydrogen-bond acceptors (Lipinski definition) is 4. The molecule has 0 aliphatic carbocycles. The van der Waals surface area contributed by atoms with Crippen LogP contribution in [0.4, 0.5) is 0 Å². The smallest absolute Gasteiger partial charge is 0.259 e. The summed E-state index contributed by atoms with van der Waals surface area (Å²) in [5, 5.41) is 6.49. The van der Waals surface area contributed by atoms with Crippen molar-refractivity contribution < 1.29 is 14.3 Å². The third kappa shape index (κ3) is 7.85. The van der Waals surface area contributed by atoms with E-state index < -0.39 is 5.91 Å². The Morgan fingerprint density at radius 3 is 2.44 bits per heavy atom. The molecule has 7 heteroatoms. The lowest BCUT2D eigenvalue weighted by atomic mass is 10.2. The van der Waals surface area contributed by atoms with Gasteiger partial charge in [0, 0.05) is 16.1 Å². The molecule has 0 saturated heterocycles. The van der Waals surface area contributed by atoms with E-state index in [1.165, 1.54) is 12.3 Å². The summed E-state index contributed by atoms with van der Waals surface area (Å²) < 4.78 is 6.74. The minimum absolute atomic E-state index is 0.189. The van der Waals surface area contributed by atoms with Crippen molar-refractivity contribution in [2.45, 2.75) is 6.61 Å². The second-order valence-corrected chi connectivity index (χ2v) is 7.63. The Morgan fingerprint density at radius 1 is 0.969 bits per heavy atom. The fourth-order valence-corrected chi connectivity index (χ4v) is 3.04. The molecule has 6 nitrogen and oxygen atoms in total. The maximum absolute atomic E-state index is 12.0. The highest BCUT2D eigenvalue weighted by atomic mass is 79.9. The number of nitrogens with zero attached hydrogens (tertiary/aromatic N) is 1. The summed E-state index contributed by atoms with van der Waals surface area (Å²) in [4.78, 5) is 23.8. The van der Waals surface area contributed by atoms with Crippen LogP contribution in [0.2, 0.25) is 0 Å². The summed E-state index contributed by atoms with van der Waals surface area (Å²) in [5.74, 6) is -0.171. The van der Waals surface area contributed by atoms with E-state index in [-0.39, 0.29) is 12.5 Å². The molecule has 0 aliphatic rings. The van der Waals surface area contributed by atoms with E-state index >= 15 is 0 Å². The highest BCUT2D eigenvalue weighted by Gasteiger charge is 2.05. The van der Waals surface area contributed by atoms with E-state index in [2.05, 4.69) is 31.8 Å². The van der Waals surface area contributed by atoms with Crippen molar-refractivity contribution in [3.63, 3.8) is 0 Å². The minimum atomic E-state index is -0.440. The molecule has 0 radical (unpaired) electrons. The first-order valence-electron chi connectivity index (χ1n) is 9.89. The van der Waals surface area contributed by atoms with Gasteiger partial charge in [0.15, 0.2) is 0 Å². The molecule has 0 unspecified atom stereocenters. The molecule has 0 aliphatic heterocycles. The summed E-state index contributed by atoms with van der Waals surface area (Å²) in [7, 11) is 0. The Morgan fingerprint density at radius 2 is 1.69 bits per heavy atom. The monoisotopic (exact) mass is 491 g/mol. The Labute approximate surface area is 195 Å². The molecular weight excluding hydrogens is 470 g/mol. The fraction of sp³-hybridized carbons (Fsp3) is 0.0800. The Bertz CT molecular complexity index is 1100. The molecular formula is C25H22BrN3O3. The van der Waals surface area contributed by atoms with Crippen molar-refractivity contribution in [3.05, 3.63) is 106 Å². The molecule has 3 aromatic carbocycles. The van der Waals surface area contributed by atoms with Crippen LogP contribution < -0.4 is 15.5 Å². The van der Waals surface area contributed by atoms with Crippen molar-refractivity contribution in [3.8, 4) is 5.75 Å². The molecule has 0 spiro atoms. The molecule has 3 aromatic rings. The van der Waals surface area contributed by atoms with Crippen LogP contribution in [0.15, 0.2) is 94.5 Å². The van der Waals surface area contributed by atoms with Crippen LogP contribution in [-0.2, 0) is 16.2 Å². The molecule has 3 rings (SSSR count). The van der Waals surface area contributed by atoms with Gasteiger partial charge in [0.05, 0.1) is 12.8 Å². The lowest BCUT2D eigenvalue weighted by Gasteiger charge is -2.09. The first-order chi connectivity index (χ1) is 15.6. The van der Waals surface area contributed by atoms with Gasteiger partial charge in [-0.1, -0.05) is 76.6 Å². The molecule has 0 heterocycles. The molecule has 0 saturated carbocycles. The first kappa shape index (κ1) is 23.0. The van der Waals surface area contributed by atoms with Crippen molar-refractivity contribution in [2.24, 2.45) is 5.10 Å². The SMILES string of the molecule is O=C(/C=C/c1ccccc1)NCC(=O)N/N=C\c1cc(Br)ccc1OCc1ccccc1. The summed E-state index contributed by atoms with van der Waals surface area (Å²) in [6, 6.07) is 24.8. The zero-order chi connectivity index (χ0) is 22.6. The lowest BCUT2D eigenvalue weighted by molar-refractivity contribution is -0.123. The number of benzene rings is 3. The Hall–Kier alpha value is -3.71. The van der Waals surface area contributed by atoms with Crippen LogP contribution in [0.1, 0.15) is 16.7 Å². The van der Waals surface area contributed by atoms with Crippen LogP contribution in [-0.4, -0.2) is 24.6 Å². The van der Waals surface area contributed by atoms with Crippen LogP contribution in [0.25, 0.3) is 6.08 Å². The van der Waals surface area contributed by atoms with Gasteiger partial charge >= 0.3 is 0 Å². The van der Waals surface area contributed by atoms with E-state index in [9.17, 15) is 9.59 Å².